The zero-order chi connectivity index (χ0) is 35.7. The predicted molar refractivity (Wildman–Crippen MR) is 183 cm³/mol. The molecule has 2 heterocycles. The van der Waals surface area contributed by atoms with Crippen LogP contribution in [0.25, 0.3) is 0 Å². The van der Waals surface area contributed by atoms with Crippen LogP contribution in [0.5, 0.6) is 0 Å². The van der Waals surface area contributed by atoms with Gasteiger partial charge in [-0.1, -0.05) is 0 Å². The van der Waals surface area contributed by atoms with E-state index in [1.165, 1.54) is 0 Å². The number of piperidine rings is 2. The SMILES string of the molecule is CC(C)(C)OC(=O)C[C@H](NCC1CC1)C(=O)N1CCCC[C@H]1CCOC1CCN(C(=NC(=O)OC(C)(C)C)NC(=O)OC(C)(C)C)CC1. The van der Waals surface area contributed by atoms with E-state index in [0.717, 1.165) is 38.6 Å². The number of carbonyl (C=O) groups excluding carboxylic acids is 4. The van der Waals surface area contributed by atoms with Crippen LogP contribution in [0.2, 0.25) is 0 Å². The van der Waals surface area contributed by atoms with Crippen molar-refractivity contribution in [3.05, 3.63) is 0 Å². The van der Waals surface area contributed by atoms with Gasteiger partial charge in [-0.05, 0) is 126 Å². The molecule has 2 atom stereocenters. The number of esters is 1. The Balaban J connectivity index is 1.55. The number of hydrogen-bond acceptors (Lipinski definition) is 9. The lowest BCUT2D eigenvalue weighted by Gasteiger charge is -2.39. The second kappa shape index (κ2) is 17.1. The molecule has 13 heteroatoms. The molecule has 3 rings (SSSR count). The van der Waals surface area contributed by atoms with Crippen LogP contribution in [0.4, 0.5) is 9.59 Å². The second-order valence-electron chi connectivity index (χ2n) is 16.3. The van der Waals surface area contributed by atoms with Gasteiger partial charge in [0.15, 0.2) is 0 Å². The summed E-state index contributed by atoms with van der Waals surface area (Å²) < 4.78 is 22.6. The first-order valence-electron chi connectivity index (χ1n) is 17.7. The molecule has 3 fully saturated rings. The minimum absolute atomic E-state index is 0.0154. The Labute approximate surface area is 287 Å². The molecule has 13 nitrogen and oxygen atoms in total. The lowest BCUT2D eigenvalue weighted by Crippen LogP contribution is -2.53. The molecule has 2 N–H and O–H groups in total. The van der Waals surface area contributed by atoms with Gasteiger partial charge in [0.05, 0.1) is 18.6 Å². The lowest BCUT2D eigenvalue weighted by atomic mass is 9.97. The van der Waals surface area contributed by atoms with Crippen molar-refractivity contribution in [3.63, 3.8) is 0 Å². The molecule has 1 aliphatic carbocycles. The molecule has 0 aromatic carbocycles. The quantitative estimate of drug-likeness (QED) is 0.137. The summed E-state index contributed by atoms with van der Waals surface area (Å²) in [7, 11) is 0. The number of ether oxygens (including phenoxy) is 4. The maximum absolute atomic E-state index is 13.8. The zero-order valence-electron chi connectivity index (χ0n) is 30.8. The highest BCUT2D eigenvalue weighted by Gasteiger charge is 2.35. The van der Waals surface area contributed by atoms with Crippen molar-refractivity contribution in [2.75, 3.05) is 32.8 Å². The van der Waals surface area contributed by atoms with Gasteiger partial charge in [0, 0.05) is 32.3 Å². The molecular weight excluding hydrogens is 618 g/mol. The summed E-state index contributed by atoms with van der Waals surface area (Å²) in [5.74, 6) is 0.259. The summed E-state index contributed by atoms with van der Waals surface area (Å²) in [5.41, 5.74) is -2.06. The minimum atomic E-state index is -0.797. The van der Waals surface area contributed by atoms with Crippen LogP contribution >= 0.6 is 0 Å². The third-order valence-corrected chi connectivity index (χ3v) is 8.10. The zero-order valence-corrected chi connectivity index (χ0v) is 30.8. The van der Waals surface area contributed by atoms with Crippen LogP contribution in [-0.4, -0.2) is 108 Å². The highest BCUT2D eigenvalue weighted by atomic mass is 16.6. The number of rotatable bonds is 10. The van der Waals surface area contributed by atoms with Crippen molar-refractivity contribution in [1.29, 1.82) is 0 Å². The van der Waals surface area contributed by atoms with Crippen molar-refractivity contribution in [2.24, 2.45) is 10.9 Å². The van der Waals surface area contributed by atoms with Gasteiger partial charge in [-0.15, -0.1) is 4.99 Å². The van der Waals surface area contributed by atoms with E-state index < -0.39 is 35.0 Å². The van der Waals surface area contributed by atoms with Gasteiger partial charge in [-0.25, -0.2) is 9.59 Å². The van der Waals surface area contributed by atoms with E-state index in [9.17, 15) is 19.2 Å². The highest BCUT2D eigenvalue weighted by molar-refractivity contribution is 5.99. The number of likely N-dealkylation sites (tertiary alicyclic amines) is 2. The van der Waals surface area contributed by atoms with E-state index in [4.69, 9.17) is 18.9 Å². The van der Waals surface area contributed by atoms with Crippen LogP contribution in [0.1, 0.15) is 120 Å². The van der Waals surface area contributed by atoms with Crippen LogP contribution in [-0.2, 0) is 28.5 Å². The van der Waals surface area contributed by atoms with E-state index in [-0.39, 0.29) is 36.4 Å². The summed E-state index contributed by atoms with van der Waals surface area (Å²) in [5, 5.41) is 6.01. The van der Waals surface area contributed by atoms with Gasteiger partial charge in [0.1, 0.15) is 16.8 Å². The van der Waals surface area contributed by atoms with E-state index in [2.05, 4.69) is 15.6 Å². The van der Waals surface area contributed by atoms with Crippen LogP contribution in [0, 0.1) is 5.92 Å². The fraction of sp³-hybridized carbons (Fsp3) is 0.857. The largest absolute Gasteiger partial charge is 0.460 e. The van der Waals surface area contributed by atoms with Crippen molar-refractivity contribution in [1.82, 2.24) is 20.4 Å². The first-order valence-corrected chi connectivity index (χ1v) is 17.7. The number of amides is 3. The fourth-order valence-electron chi connectivity index (χ4n) is 5.77. The molecular formula is C35H61N5O8. The van der Waals surface area contributed by atoms with Gasteiger partial charge in [0.25, 0.3) is 0 Å². The van der Waals surface area contributed by atoms with E-state index in [1.54, 1.807) is 41.5 Å². The summed E-state index contributed by atoms with van der Waals surface area (Å²) in [6.07, 6.45) is 5.73. The van der Waals surface area contributed by atoms with Crippen molar-refractivity contribution >= 4 is 30.0 Å². The number of nitrogens with zero attached hydrogens (tertiary/aromatic N) is 3. The van der Waals surface area contributed by atoms with Gasteiger partial charge >= 0.3 is 18.2 Å². The fourth-order valence-corrected chi connectivity index (χ4v) is 5.77. The third-order valence-electron chi connectivity index (χ3n) is 8.10. The maximum atomic E-state index is 13.8. The normalized spacial score (nSPS) is 20.6. The van der Waals surface area contributed by atoms with Crippen molar-refractivity contribution in [2.45, 2.75) is 155 Å². The number of nitrogens with one attached hydrogen (secondary N) is 2. The number of alkyl carbamates (subject to hydrolysis) is 1. The first kappa shape index (κ1) is 39.5. The summed E-state index contributed by atoms with van der Waals surface area (Å²) >= 11 is 0. The van der Waals surface area contributed by atoms with E-state index in [0.29, 0.717) is 51.4 Å². The molecule has 48 heavy (non-hydrogen) atoms. The van der Waals surface area contributed by atoms with Crippen LogP contribution < -0.4 is 10.6 Å². The average molecular weight is 680 g/mol. The molecule has 0 unspecified atom stereocenters. The van der Waals surface area contributed by atoms with Crippen molar-refractivity contribution in [3.8, 4) is 0 Å². The van der Waals surface area contributed by atoms with Gasteiger partial charge in [-0.2, -0.15) is 0 Å². The Kier molecular flexibility index (Phi) is 14.1. The van der Waals surface area contributed by atoms with Gasteiger partial charge < -0.3 is 34.1 Å². The predicted octanol–water partition coefficient (Wildman–Crippen LogP) is 5.15. The molecule has 3 aliphatic rings. The van der Waals surface area contributed by atoms with Crippen LogP contribution in [0.15, 0.2) is 4.99 Å². The smallest absolute Gasteiger partial charge is 0.437 e. The molecule has 274 valence electrons. The third kappa shape index (κ3) is 15.1. The highest BCUT2D eigenvalue weighted by Crippen LogP contribution is 2.28. The Morgan fingerprint density at radius 3 is 2.00 bits per heavy atom. The van der Waals surface area contributed by atoms with E-state index in [1.807, 2.05) is 30.6 Å². The van der Waals surface area contributed by atoms with Gasteiger partial charge in [-0.3, -0.25) is 14.9 Å². The van der Waals surface area contributed by atoms with E-state index >= 15 is 0 Å². The number of carbonyl (C=O) groups is 4. The molecule has 3 amide bonds. The Hall–Kier alpha value is -2.93. The number of hydrogen-bond donors (Lipinski definition) is 2. The molecule has 0 bridgehead atoms. The average Bonchev–Trinajstić information content (AvgIpc) is 3.77. The number of guanidine groups is 1. The molecule has 0 aromatic heterocycles. The van der Waals surface area contributed by atoms with Gasteiger partial charge in [0.2, 0.25) is 11.9 Å². The minimum Gasteiger partial charge on any atom is -0.460 e. The molecule has 2 saturated heterocycles. The van der Waals surface area contributed by atoms with Crippen molar-refractivity contribution < 1.29 is 38.1 Å². The second-order valence-corrected chi connectivity index (χ2v) is 16.3. The topological polar surface area (TPSA) is 148 Å². The molecule has 1 saturated carbocycles. The lowest BCUT2D eigenvalue weighted by molar-refractivity contribution is -0.158. The standard InChI is InChI=1S/C35H61N5O8/c1-33(2,3)46-28(41)22-27(36-23-24-13-14-24)29(42)40-18-11-10-12-25(40)17-21-45-26-15-19-39(20-16-26)30(37-31(43)47-34(4,5)6)38-32(44)48-35(7,8)9/h24-27,36H,10-23H2,1-9H3,(H,37,38,43,44)/t25-,27-/m0/s1. The summed E-state index contributed by atoms with van der Waals surface area (Å²) in [6.45, 7) is 19.0. The Morgan fingerprint density at radius 1 is 0.792 bits per heavy atom. The van der Waals surface area contributed by atoms with Crippen LogP contribution in [0.3, 0.4) is 0 Å². The molecule has 0 aromatic rings. The molecule has 2 aliphatic heterocycles. The maximum Gasteiger partial charge on any atom is 0.437 e. The molecule has 0 spiro atoms. The molecule has 0 radical (unpaired) electrons. The Bertz CT molecular complexity index is 1130. The summed E-state index contributed by atoms with van der Waals surface area (Å²) in [6, 6.07) is -0.557. The summed E-state index contributed by atoms with van der Waals surface area (Å²) in [4.78, 5) is 59.5. The number of aliphatic imine (C=N–C) groups is 1. The first-order chi connectivity index (χ1) is 22.3. The Morgan fingerprint density at radius 2 is 1.42 bits per heavy atom. The monoisotopic (exact) mass is 679 g/mol.